The highest BCUT2D eigenvalue weighted by molar-refractivity contribution is 7.17. The molecule has 3 rings (SSSR count). The highest BCUT2D eigenvalue weighted by atomic mass is 35.5. The van der Waals surface area contributed by atoms with Gasteiger partial charge in [-0.15, -0.1) is 11.3 Å². The Kier molecular flexibility index (Phi) is 5.65. The van der Waals surface area contributed by atoms with Gasteiger partial charge in [0, 0.05) is 10.6 Å². The standard InChI is InChI=1S/C19H16ClN3O2S/c1-12-17(26-19(21-12)13-7-3-2-4-8-13)18(25)23-22-16(24)11-14-9-5-6-10-15(14)20/h2-10H,11H2,1H3,(H,22,24)(H,23,25). The number of amides is 2. The largest absolute Gasteiger partial charge is 0.281 e. The number of benzene rings is 2. The first-order valence-electron chi connectivity index (χ1n) is 7.90. The number of hydrogen-bond donors (Lipinski definition) is 2. The second-order valence-corrected chi connectivity index (χ2v) is 6.98. The number of halogens is 1. The van der Waals surface area contributed by atoms with E-state index in [9.17, 15) is 9.59 Å². The number of carbonyl (C=O) groups excluding carboxylic acids is 2. The maximum absolute atomic E-state index is 12.4. The molecule has 1 heterocycles. The number of nitrogens with zero attached hydrogens (tertiary/aromatic N) is 1. The number of thiazole rings is 1. The van der Waals surface area contributed by atoms with Crippen LogP contribution in [0.3, 0.4) is 0 Å². The van der Waals surface area contributed by atoms with Gasteiger partial charge in [0.05, 0.1) is 12.1 Å². The Morgan fingerprint density at radius 2 is 1.73 bits per heavy atom. The number of rotatable bonds is 4. The van der Waals surface area contributed by atoms with Gasteiger partial charge >= 0.3 is 0 Å². The number of hydrogen-bond acceptors (Lipinski definition) is 4. The van der Waals surface area contributed by atoms with Crippen molar-refractivity contribution in [1.82, 2.24) is 15.8 Å². The smallest absolute Gasteiger partial charge is 0.273 e. The van der Waals surface area contributed by atoms with E-state index < -0.39 is 5.91 Å². The molecule has 1 aromatic heterocycles. The van der Waals surface area contributed by atoms with E-state index in [-0.39, 0.29) is 12.3 Å². The van der Waals surface area contributed by atoms with Crippen LogP contribution in [0.1, 0.15) is 20.9 Å². The van der Waals surface area contributed by atoms with Crippen molar-refractivity contribution in [1.29, 1.82) is 0 Å². The number of carbonyl (C=O) groups is 2. The zero-order chi connectivity index (χ0) is 18.5. The Morgan fingerprint density at radius 3 is 2.46 bits per heavy atom. The van der Waals surface area contributed by atoms with E-state index in [1.807, 2.05) is 30.3 Å². The van der Waals surface area contributed by atoms with E-state index >= 15 is 0 Å². The molecular formula is C19H16ClN3O2S. The van der Waals surface area contributed by atoms with Gasteiger partial charge in [-0.2, -0.15) is 0 Å². The van der Waals surface area contributed by atoms with Gasteiger partial charge in [-0.1, -0.05) is 60.1 Å². The lowest BCUT2D eigenvalue weighted by molar-refractivity contribution is -0.121. The fraction of sp³-hybridized carbons (Fsp3) is 0.105. The summed E-state index contributed by atoms with van der Waals surface area (Å²) in [5.41, 5.74) is 7.11. The van der Waals surface area contributed by atoms with Crippen molar-refractivity contribution >= 4 is 34.8 Å². The van der Waals surface area contributed by atoms with E-state index in [2.05, 4.69) is 15.8 Å². The van der Waals surface area contributed by atoms with Crippen LogP contribution in [0.2, 0.25) is 5.02 Å². The first kappa shape index (κ1) is 18.1. The van der Waals surface area contributed by atoms with E-state index in [4.69, 9.17) is 11.6 Å². The van der Waals surface area contributed by atoms with Crippen LogP contribution in [0.4, 0.5) is 0 Å². The summed E-state index contributed by atoms with van der Waals surface area (Å²) in [6.45, 7) is 1.77. The molecule has 0 fully saturated rings. The SMILES string of the molecule is Cc1nc(-c2ccccc2)sc1C(=O)NNC(=O)Cc1ccccc1Cl. The Labute approximate surface area is 160 Å². The Bertz CT molecular complexity index is 941. The van der Waals surface area contributed by atoms with Crippen molar-refractivity contribution in [3.8, 4) is 10.6 Å². The van der Waals surface area contributed by atoms with Gasteiger partial charge in [-0.3, -0.25) is 20.4 Å². The van der Waals surface area contributed by atoms with Gasteiger partial charge < -0.3 is 0 Å². The van der Waals surface area contributed by atoms with Crippen LogP contribution in [0, 0.1) is 6.92 Å². The maximum Gasteiger partial charge on any atom is 0.281 e. The van der Waals surface area contributed by atoms with Crippen LogP contribution in [0.25, 0.3) is 10.6 Å². The summed E-state index contributed by atoms with van der Waals surface area (Å²) < 4.78 is 0. The summed E-state index contributed by atoms with van der Waals surface area (Å²) in [5.74, 6) is -0.744. The predicted octanol–water partition coefficient (Wildman–Crippen LogP) is 3.78. The minimum absolute atomic E-state index is 0.0802. The molecule has 0 spiro atoms. The summed E-state index contributed by atoms with van der Waals surface area (Å²) in [7, 11) is 0. The summed E-state index contributed by atoms with van der Waals surface area (Å²) >= 11 is 7.32. The highest BCUT2D eigenvalue weighted by Gasteiger charge is 2.17. The molecule has 2 amide bonds. The van der Waals surface area contributed by atoms with Crippen molar-refractivity contribution in [2.45, 2.75) is 13.3 Å². The number of aromatic nitrogens is 1. The summed E-state index contributed by atoms with van der Waals surface area (Å²) in [6.07, 6.45) is 0.0802. The molecule has 0 aliphatic rings. The first-order valence-corrected chi connectivity index (χ1v) is 9.09. The van der Waals surface area contributed by atoms with Gasteiger partial charge in [-0.05, 0) is 18.6 Å². The molecule has 7 heteroatoms. The average Bonchev–Trinajstić information content (AvgIpc) is 3.04. The summed E-state index contributed by atoms with van der Waals surface area (Å²) in [4.78, 5) is 29.3. The van der Waals surface area contributed by atoms with Crippen LogP contribution in [0.5, 0.6) is 0 Å². The zero-order valence-electron chi connectivity index (χ0n) is 14.0. The topological polar surface area (TPSA) is 71.1 Å². The van der Waals surface area contributed by atoms with Gasteiger partial charge in [-0.25, -0.2) is 4.98 Å². The minimum Gasteiger partial charge on any atom is -0.273 e. The molecule has 0 aliphatic carbocycles. The van der Waals surface area contributed by atoms with Crippen molar-refractivity contribution in [2.24, 2.45) is 0 Å². The maximum atomic E-state index is 12.4. The molecule has 132 valence electrons. The van der Waals surface area contributed by atoms with E-state index in [0.717, 1.165) is 10.6 Å². The number of hydrazine groups is 1. The van der Waals surface area contributed by atoms with E-state index in [1.54, 1.807) is 31.2 Å². The van der Waals surface area contributed by atoms with Gasteiger partial charge in [0.15, 0.2) is 0 Å². The summed E-state index contributed by atoms with van der Waals surface area (Å²) in [5, 5.41) is 1.27. The molecule has 0 saturated carbocycles. The van der Waals surface area contributed by atoms with Crippen molar-refractivity contribution in [3.63, 3.8) is 0 Å². The lowest BCUT2D eigenvalue weighted by Gasteiger charge is -2.07. The van der Waals surface area contributed by atoms with Crippen molar-refractivity contribution < 1.29 is 9.59 Å². The average molecular weight is 386 g/mol. The Morgan fingerprint density at radius 1 is 1.04 bits per heavy atom. The summed E-state index contributed by atoms with van der Waals surface area (Å²) in [6, 6.07) is 16.7. The Balaban J connectivity index is 1.63. The first-order chi connectivity index (χ1) is 12.5. The third kappa shape index (κ3) is 4.28. The van der Waals surface area contributed by atoms with Gasteiger partial charge in [0.25, 0.3) is 5.91 Å². The zero-order valence-corrected chi connectivity index (χ0v) is 15.5. The van der Waals surface area contributed by atoms with Crippen molar-refractivity contribution in [2.75, 3.05) is 0 Å². The van der Waals surface area contributed by atoms with Crippen LogP contribution in [-0.2, 0) is 11.2 Å². The Hall–Kier alpha value is -2.70. The van der Waals surface area contributed by atoms with Crippen LogP contribution < -0.4 is 10.9 Å². The molecule has 2 aromatic carbocycles. The number of nitrogens with one attached hydrogen (secondary N) is 2. The lowest BCUT2D eigenvalue weighted by atomic mass is 10.1. The molecule has 0 atom stereocenters. The van der Waals surface area contributed by atoms with Crippen LogP contribution in [-0.4, -0.2) is 16.8 Å². The van der Waals surface area contributed by atoms with Crippen LogP contribution >= 0.6 is 22.9 Å². The molecule has 5 nitrogen and oxygen atoms in total. The molecular weight excluding hydrogens is 370 g/mol. The fourth-order valence-corrected chi connectivity index (χ4v) is 3.52. The quantitative estimate of drug-likeness (QED) is 0.671. The highest BCUT2D eigenvalue weighted by Crippen LogP contribution is 2.27. The molecule has 0 bridgehead atoms. The molecule has 26 heavy (non-hydrogen) atoms. The molecule has 0 aliphatic heterocycles. The van der Waals surface area contributed by atoms with Gasteiger partial charge in [0.1, 0.15) is 9.88 Å². The van der Waals surface area contributed by atoms with E-state index in [0.29, 0.717) is 21.2 Å². The minimum atomic E-state index is -0.394. The van der Waals surface area contributed by atoms with Crippen molar-refractivity contribution in [3.05, 3.63) is 75.8 Å². The molecule has 0 unspecified atom stereocenters. The lowest BCUT2D eigenvalue weighted by Crippen LogP contribution is -2.42. The molecule has 0 radical (unpaired) electrons. The van der Waals surface area contributed by atoms with Crippen LogP contribution in [0.15, 0.2) is 54.6 Å². The molecule has 2 N–H and O–H groups in total. The van der Waals surface area contributed by atoms with E-state index in [1.165, 1.54) is 11.3 Å². The predicted molar refractivity (Wildman–Crippen MR) is 103 cm³/mol. The van der Waals surface area contributed by atoms with Gasteiger partial charge in [0.2, 0.25) is 5.91 Å². The third-order valence-corrected chi connectivity index (χ3v) is 5.22. The number of aryl methyl sites for hydroxylation is 1. The molecule has 0 saturated heterocycles. The second-order valence-electron chi connectivity index (χ2n) is 5.57. The fourth-order valence-electron chi connectivity index (χ4n) is 2.35. The normalized spacial score (nSPS) is 10.4. The molecule has 3 aromatic rings. The third-order valence-electron chi connectivity index (χ3n) is 3.65. The second kappa shape index (κ2) is 8.12. The monoisotopic (exact) mass is 385 g/mol.